The van der Waals surface area contributed by atoms with Crippen LogP contribution in [0.2, 0.25) is 0 Å². The van der Waals surface area contributed by atoms with Gasteiger partial charge in [0.15, 0.2) is 9.84 Å². The molecule has 0 aromatic carbocycles. The summed E-state index contributed by atoms with van der Waals surface area (Å²) in [7, 11) is -3.14. The Balaban J connectivity index is 4.15. The van der Waals surface area contributed by atoms with Crippen LogP contribution in [0.4, 0.5) is 0 Å². The Labute approximate surface area is 91.2 Å². The first-order valence-electron chi connectivity index (χ1n) is 4.81. The highest BCUT2D eigenvalue weighted by Gasteiger charge is 2.13. The van der Waals surface area contributed by atoms with Crippen LogP contribution in [0, 0.1) is 12.8 Å². The van der Waals surface area contributed by atoms with Crippen LogP contribution in [0.1, 0.15) is 20.3 Å². The molecule has 0 saturated heterocycles. The number of sulfone groups is 1. The second-order valence-electron chi connectivity index (χ2n) is 3.05. The highest BCUT2D eigenvalue weighted by Crippen LogP contribution is 2.06. The van der Waals surface area contributed by atoms with Crippen molar-refractivity contribution < 1.29 is 17.9 Å². The molecule has 0 heterocycles. The van der Waals surface area contributed by atoms with Gasteiger partial charge in [0.05, 0.1) is 25.7 Å². The van der Waals surface area contributed by atoms with Crippen molar-refractivity contribution in [1.29, 1.82) is 0 Å². The molecule has 0 aliphatic rings. The molecule has 0 radical (unpaired) electrons. The van der Waals surface area contributed by atoms with E-state index in [1.807, 2.05) is 0 Å². The third kappa shape index (κ3) is 7.02. The average Bonchev–Trinajstić information content (AvgIpc) is 2.15. The molecule has 0 aliphatic carbocycles. The van der Waals surface area contributed by atoms with Gasteiger partial charge in [-0.25, -0.2) is 8.42 Å². The summed E-state index contributed by atoms with van der Waals surface area (Å²) in [5, 5.41) is 1.10. The maximum atomic E-state index is 11.1. The van der Waals surface area contributed by atoms with E-state index < -0.39 is 9.84 Å². The molecule has 4 nitrogen and oxygen atoms in total. The molecule has 15 heavy (non-hydrogen) atoms. The summed E-state index contributed by atoms with van der Waals surface area (Å²) >= 11 is 0. The summed E-state index contributed by atoms with van der Waals surface area (Å²) in [6.07, 6.45) is 1.51. The first-order valence-corrected chi connectivity index (χ1v) is 6.52. The molecule has 0 rings (SSSR count). The number of allylic oxidation sites excluding steroid dienone is 1. The van der Waals surface area contributed by atoms with Gasteiger partial charge in [0.1, 0.15) is 5.92 Å². The molecule has 0 bridgehead atoms. The van der Waals surface area contributed by atoms with Gasteiger partial charge in [0.25, 0.3) is 0 Å². The Kier molecular flexibility index (Phi) is 6.08. The van der Waals surface area contributed by atoms with Crippen LogP contribution in [0.25, 0.3) is 0 Å². The highest BCUT2D eigenvalue weighted by molar-refractivity contribution is 7.94. The third-order valence-electron chi connectivity index (χ3n) is 1.69. The molecule has 0 N–H and O–H groups in total. The maximum Gasteiger partial charge on any atom is 0.310 e. The number of rotatable bonds is 6. The zero-order valence-corrected chi connectivity index (χ0v) is 9.92. The van der Waals surface area contributed by atoms with Gasteiger partial charge in [-0.05, 0) is 13.0 Å². The molecule has 0 fully saturated rings. The van der Waals surface area contributed by atoms with Crippen LogP contribution in [0.15, 0.2) is 11.5 Å². The number of carbonyl (C=O) groups is 1. The van der Waals surface area contributed by atoms with Crippen molar-refractivity contribution in [3.8, 4) is 0 Å². The van der Waals surface area contributed by atoms with E-state index in [4.69, 9.17) is 4.74 Å². The lowest BCUT2D eigenvalue weighted by Gasteiger charge is -2.00. The fourth-order valence-corrected chi connectivity index (χ4v) is 1.48. The molecule has 0 spiro atoms. The first-order chi connectivity index (χ1) is 6.91. The van der Waals surface area contributed by atoms with Crippen LogP contribution in [-0.4, -0.2) is 26.7 Å². The topological polar surface area (TPSA) is 60.4 Å². The van der Waals surface area contributed by atoms with Crippen LogP contribution in [0.5, 0.6) is 0 Å². The Morgan fingerprint density at radius 2 is 2.07 bits per heavy atom. The molecule has 1 unspecified atom stereocenters. The lowest BCUT2D eigenvalue weighted by atomic mass is 10.1. The monoisotopic (exact) mass is 233 g/mol. The molecule has 1 atom stereocenters. The zero-order chi connectivity index (χ0) is 11.9. The SMILES string of the molecule is [CH2+]C(/C=C/S(=O)(=O)CC)CC(=O)OCC. The van der Waals surface area contributed by atoms with Gasteiger partial charge >= 0.3 is 5.97 Å². The molecular weight excluding hydrogens is 216 g/mol. The largest absolute Gasteiger partial charge is 0.466 e. The van der Waals surface area contributed by atoms with Crippen molar-refractivity contribution in [2.75, 3.05) is 12.4 Å². The second kappa shape index (κ2) is 6.50. The molecule has 0 saturated carbocycles. The molecular formula is C10H17O4S+. The van der Waals surface area contributed by atoms with E-state index in [2.05, 4.69) is 6.92 Å². The van der Waals surface area contributed by atoms with Crippen molar-refractivity contribution in [3.63, 3.8) is 0 Å². The number of hydrogen-bond acceptors (Lipinski definition) is 4. The Morgan fingerprint density at radius 1 is 1.47 bits per heavy atom. The normalized spacial score (nSPS) is 14.0. The van der Waals surface area contributed by atoms with Gasteiger partial charge in [0, 0.05) is 5.41 Å². The van der Waals surface area contributed by atoms with Crippen LogP contribution in [-0.2, 0) is 19.4 Å². The molecule has 0 amide bonds. The van der Waals surface area contributed by atoms with E-state index in [9.17, 15) is 13.2 Å². The second-order valence-corrected chi connectivity index (χ2v) is 5.22. The number of hydrogen-bond donors (Lipinski definition) is 0. The Morgan fingerprint density at radius 3 is 2.53 bits per heavy atom. The minimum Gasteiger partial charge on any atom is -0.466 e. The minimum absolute atomic E-state index is 0.0512. The number of carbonyl (C=O) groups excluding carboxylic acids is 1. The molecule has 5 heteroatoms. The Hall–Kier alpha value is -0.970. The quantitative estimate of drug-likeness (QED) is 0.513. The van der Waals surface area contributed by atoms with E-state index in [0.29, 0.717) is 6.61 Å². The predicted molar refractivity (Wildman–Crippen MR) is 58.7 cm³/mol. The van der Waals surface area contributed by atoms with E-state index in [1.165, 1.54) is 6.08 Å². The fourth-order valence-electron chi connectivity index (χ4n) is 0.829. The van der Waals surface area contributed by atoms with Crippen molar-refractivity contribution in [1.82, 2.24) is 0 Å². The summed E-state index contributed by atoms with van der Waals surface area (Å²) < 4.78 is 26.9. The van der Waals surface area contributed by atoms with E-state index in [1.54, 1.807) is 13.8 Å². The average molecular weight is 233 g/mol. The molecule has 0 aromatic heterocycles. The van der Waals surface area contributed by atoms with Gasteiger partial charge < -0.3 is 4.74 Å². The van der Waals surface area contributed by atoms with Gasteiger partial charge in [0.2, 0.25) is 0 Å². The standard InChI is InChI=1S/C10H17O4S/c1-4-14-10(11)8-9(3)6-7-15(12,13)5-2/h6-7,9H,3-5,8H2,1-2H3/q+1/b7-6+. The molecule has 86 valence electrons. The van der Waals surface area contributed by atoms with Gasteiger partial charge in [-0.3, -0.25) is 4.79 Å². The van der Waals surface area contributed by atoms with Crippen LogP contribution >= 0.6 is 0 Å². The van der Waals surface area contributed by atoms with Gasteiger partial charge in [-0.2, -0.15) is 0 Å². The van der Waals surface area contributed by atoms with Crippen molar-refractivity contribution in [2.24, 2.45) is 5.92 Å². The number of esters is 1. The third-order valence-corrected chi connectivity index (χ3v) is 3.07. The zero-order valence-electron chi connectivity index (χ0n) is 9.10. The van der Waals surface area contributed by atoms with Crippen molar-refractivity contribution in [2.45, 2.75) is 20.3 Å². The van der Waals surface area contributed by atoms with Crippen LogP contribution < -0.4 is 0 Å². The number of ether oxygens (including phenoxy) is 1. The van der Waals surface area contributed by atoms with E-state index >= 15 is 0 Å². The highest BCUT2D eigenvalue weighted by atomic mass is 32.2. The summed E-state index contributed by atoms with van der Waals surface area (Å²) in [5.41, 5.74) is 0. The van der Waals surface area contributed by atoms with E-state index in [-0.39, 0.29) is 24.1 Å². The summed E-state index contributed by atoms with van der Waals surface area (Å²) in [4.78, 5) is 11.0. The van der Waals surface area contributed by atoms with Crippen LogP contribution in [0.3, 0.4) is 0 Å². The first kappa shape index (κ1) is 14.0. The van der Waals surface area contributed by atoms with Gasteiger partial charge in [-0.1, -0.05) is 6.92 Å². The smallest absolute Gasteiger partial charge is 0.310 e. The minimum atomic E-state index is -3.14. The molecule has 0 aliphatic heterocycles. The lowest BCUT2D eigenvalue weighted by molar-refractivity contribution is -0.143. The van der Waals surface area contributed by atoms with Crippen molar-refractivity contribution >= 4 is 15.8 Å². The fraction of sp³-hybridized carbons (Fsp3) is 0.600. The Bertz CT molecular complexity index is 316. The summed E-state index contributed by atoms with van der Waals surface area (Å²) in [6, 6.07) is 0. The van der Waals surface area contributed by atoms with E-state index in [0.717, 1.165) is 5.41 Å². The summed E-state index contributed by atoms with van der Waals surface area (Å²) in [6.45, 7) is 7.24. The van der Waals surface area contributed by atoms with Gasteiger partial charge in [-0.15, -0.1) is 0 Å². The van der Waals surface area contributed by atoms with Crippen molar-refractivity contribution in [3.05, 3.63) is 18.4 Å². The predicted octanol–water partition coefficient (Wildman–Crippen LogP) is 1.34. The molecule has 0 aromatic rings. The summed E-state index contributed by atoms with van der Waals surface area (Å²) in [5.74, 6) is -0.684. The maximum absolute atomic E-state index is 11.1. The lowest BCUT2D eigenvalue weighted by Crippen LogP contribution is -2.08.